The highest BCUT2D eigenvalue weighted by atomic mass is 32.2. The van der Waals surface area contributed by atoms with E-state index in [9.17, 15) is 13.2 Å². The minimum Gasteiger partial charge on any atom is -0.384 e. The van der Waals surface area contributed by atoms with E-state index in [2.05, 4.69) is 36.1 Å². The molecular weight excluding hydrogens is 489 g/mol. The van der Waals surface area contributed by atoms with Crippen molar-refractivity contribution in [2.75, 3.05) is 17.3 Å². The number of nitrogens with two attached hydrogens (primary N) is 1. The molecule has 184 valence electrons. The van der Waals surface area contributed by atoms with Gasteiger partial charge in [0.05, 0.1) is 11.3 Å². The van der Waals surface area contributed by atoms with Gasteiger partial charge in [-0.15, -0.1) is 0 Å². The molecule has 1 atom stereocenters. The lowest BCUT2D eigenvalue weighted by atomic mass is 9.97. The van der Waals surface area contributed by atoms with Gasteiger partial charge in [-0.3, -0.25) is 10.4 Å². The monoisotopic (exact) mass is 510 g/mol. The molecule has 5 rings (SSSR count). The SMILES string of the molecule is CSc1nc(N)cc(Cc2ccc(C3N=C(Nc4cccc(C(F)(F)F)c4)NN3)c3ccncc23)n1. The number of nitrogens with zero attached hydrogens (tertiary/aromatic N) is 4. The van der Waals surface area contributed by atoms with Gasteiger partial charge in [-0.1, -0.05) is 30.0 Å². The lowest BCUT2D eigenvalue weighted by Gasteiger charge is -2.14. The van der Waals surface area contributed by atoms with Crippen LogP contribution in [0.1, 0.15) is 28.6 Å². The summed E-state index contributed by atoms with van der Waals surface area (Å²) in [7, 11) is 0. The number of aliphatic imine (C=N–C) groups is 1. The number of pyridine rings is 1. The van der Waals surface area contributed by atoms with Gasteiger partial charge in [-0.2, -0.15) is 13.2 Å². The largest absolute Gasteiger partial charge is 0.416 e. The Labute approximate surface area is 208 Å². The number of hydrogen-bond acceptors (Lipinski definition) is 9. The first-order valence-corrected chi connectivity index (χ1v) is 12.1. The first-order valence-electron chi connectivity index (χ1n) is 10.9. The lowest BCUT2D eigenvalue weighted by molar-refractivity contribution is -0.137. The van der Waals surface area contributed by atoms with Gasteiger partial charge in [-0.25, -0.2) is 20.4 Å². The average Bonchev–Trinajstić information content (AvgIpc) is 3.31. The van der Waals surface area contributed by atoms with Gasteiger partial charge in [0.2, 0.25) is 5.96 Å². The quantitative estimate of drug-likeness (QED) is 0.229. The smallest absolute Gasteiger partial charge is 0.384 e. The number of thioether (sulfide) groups is 1. The maximum atomic E-state index is 13.0. The summed E-state index contributed by atoms with van der Waals surface area (Å²) in [4.78, 5) is 17.6. The maximum absolute atomic E-state index is 13.0. The molecule has 2 aromatic heterocycles. The molecule has 0 aliphatic carbocycles. The minimum absolute atomic E-state index is 0.275. The van der Waals surface area contributed by atoms with Gasteiger partial charge >= 0.3 is 6.18 Å². The van der Waals surface area contributed by atoms with Crippen LogP contribution in [0, 0.1) is 0 Å². The van der Waals surface area contributed by atoms with E-state index in [4.69, 9.17) is 5.73 Å². The van der Waals surface area contributed by atoms with Crippen LogP contribution in [0.2, 0.25) is 0 Å². The second-order valence-corrected chi connectivity index (χ2v) is 8.81. The third kappa shape index (κ3) is 5.04. The fourth-order valence-corrected chi connectivity index (χ4v) is 4.39. The molecule has 0 bridgehead atoms. The van der Waals surface area contributed by atoms with Gasteiger partial charge in [0.25, 0.3) is 0 Å². The summed E-state index contributed by atoms with van der Waals surface area (Å²) in [5.74, 6) is 0.728. The number of halogens is 3. The van der Waals surface area contributed by atoms with Crippen LogP contribution in [0.4, 0.5) is 24.7 Å². The van der Waals surface area contributed by atoms with Crippen molar-refractivity contribution < 1.29 is 13.2 Å². The molecule has 1 aliphatic heterocycles. The van der Waals surface area contributed by atoms with Crippen LogP contribution in [0.15, 0.2) is 71.1 Å². The highest BCUT2D eigenvalue weighted by Gasteiger charge is 2.30. The highest BCUT2D eigenvalue weighted by molar-refractivity contribution is 7.98. The lowest BCUT2D eigenvalue weighted by Crippen LogP contribution is -2.35. The molecule has 4 aromatic rings. The number of fused-ring (bicyclic) bond motifs is 1. The summed E-state index contributed by atoms with van der Waals surface area (Å²) in [6, 6.07) is 12.6. The second kappa shape index (κ2) is 9.63. The number of nitrogens with one attached hydrogen (secondary N) is 3. The predicted octanol–water partition coefficient (Wildman–Crippen LogP) is 4.51. The van der Waals surface area contributed by atoms with Gasteiger partial charge in [-0.05, 0) is 41.5 Å². The van der Waals surface area contributed by atoms with Crippen LogP contribution in [-0.4, -0.2) is 27.2 Å². The molecule has 1 unspecified atom stereocenters. The van der Waals surface area contributed by atoms with Crippen molar-refractivity contribution >= 4 is 40.0 Å². The summed E-state index contributed by atoms with van der Waals surface area (Å²) in [6.45, 7) is 0. The molecular formula is C24H21F3N8S. The standard InChI is InChI=1S/C24H21F3N8S/c1-36-23-31-16(11-20(28)32-23)9-13-5-6-18(17-7-8-29-12-19(13)17)21-33-22(35-34-21)30-15-4-2-3-14(10-15)24(25,26)27/h2-8,10-12,21,34H,9H2,1H3,(H2,28,31,32)(H2,30,33,35). The van der Waals surface area contributed by atoms with Crippen molar-refractivity contribution in [2.45, 2.75) is 23.9 Å². The van der Waals surface area contributed by atoms with E-state index in [1.807, 2.05) is 24.5 Å². The number of hydrogen-bond donors (Lipinski definition) is 4. The molecule has 0 radical (unpaired) electrons. The van der Waals surface area contributed by atoms with E-state index in [1.54, 1.807) is 24.5 Å². The Morgan fingerprint density at radius 3 is 2.75 bits per heavy atom. The van der Waals surface area contributed by atoms with Crippen molar-refractivity contribution in [3.8, 4) is 0 Å². The molecule has 0 spiro atoms. The Kier molecular flexibility index (Phi) is 6.37. The average molecular weight is 511 g/mol. The van der Waals surface area contributed by atoms with Crippen LogP contribution in [0.5, 0.6) is 0 Å². The Hall–Kier alpha value is -3.90. The second-order valence-electron chi connectivity index (χ2n) is 8.04. The van der Waals surface area contributed by atoms with Crippen LogP contribution < -0.4 is 21.9 Å². The van der Waals surface area contributed by atoms with E-state index < -0.39 is 17.9 Å². The highest BCUT2D eigenvalue weighted by Crippen LogP contribution is 2.32. The number of benzene rings is 2. The van der Waals surface area contributed by atoms with Crippen molar-refractivity contribution in [1.82, 2.24) is 25.8 Å². The number of nitrogen functional groups attached to an aromatic ring is 1. The van der Waals surface area contributed by atoms with E-state index in [0.29, 0.717) is 23.4 Å². The van der Waals surface area contributed by atoms with Crippen LogP contribution in [0.3, 0.4) is 0 Å². The molecule has 2 aromatic carbocycles. The van der Waals surface area contributed by atoms with Crippen molar-refractivity contribution in [3.05, 3.63) is 83.3 Å². The zero-order valence-corrected chi connectivity index (χ0v) is 19.8. The molecule has 0 saturated heterocycles. The Bertz CT molecular complexity index is 1460. The van der Waals surface area contributed by atoms with Crippen LogP contribution >= 0.6 is 11.8 Å². The summed E-state index contributed by atoms with van der Waals surface area (Å²) in [6.07, 6.45) is 1.05. The fourth-order valence-electron chi connectivity index (χ4n) is 3.99. The molecule has 0 amide bonds. The first-order chi connectivity index (χ1) is 17.3. The number of rotatable bonds is 5. The number of aromatic nitrogens is 3. The maximum Gasteiger partial charge on any atom is 0.416 e. The van der Waals surface area contributed by atoms with Crippen molar-refractivity contribution in [3.63, 3.8) is 0 Å². The van der Waals surface area contributed by atoms with Gasteiger partial charge in [0.15, 0.2) is 5.16 Å². The van der Waals surface area contributed by atoms with E-state index >= 15 is 0 Å². The van der Waals surface area contributed by atoms with Crippen LogP contribution in [-0.2, 0) is 12.6 Å². The summed E-state index contributed by atoms with van der Waals surface area (Å²) >= 11 is 1.43. The summed E-state index contributed by atoms with van der Waals surface area (Å²) < 4.78 is 39.1. The third-order valence-electron chi connectivity index (χ3n) is 5.61. The number of guanidine groups is 1. The molecule has 0 fully saturated rings. The molecule has 5 N–H and O–H groups in total. The molecule has 1 aliphatic rings. The van der Waals surface area contributed by atoms with Crippen LogP contribution in [0.25, 0.3) is 10.8 Å². The molecule has 8 nitrogen and oxygen atoms in total. The van der Waals surface area contributed by atoms with E-state index in [0.717, 1.165) is 39.7 Å². The summed E-state index contributed by atoms with van der Waals surface area (Å²) in [5, 5.41) is 5.39. The first kappa shape index (κ1) is 23.8. The molecule has 36 heavy (non-hydrogen) atoms. The fraction of sp³-hybridized carbons (Fsp3) is 0.167. The predicted molar refractivity (Wildman–Crippen MR) is 134 cm³/mol. The molecule has 0 saturated carbocycles. The Balaban J connectivity index is 1.42. The topological polar surface area (TPSA) is 113 Å². The Morgan fingerprint density at radius 2 is 1.94 bits per heavy atom. The third-order valence-corrected chi connectivity index (χ3v) is 6.16. The van der Waals surface area contributed by atoms with Crippen molar-refractivity contribution in [1.29, 1.82) is 0 Å². The number of hydrazine groups is 1. The minimum atomic E-state index is -4.42. The Morgan fingerprint density at radius 1 is 1.08 bits per heavy atom. The zero-order chi connectivity index (χ0) is 25.3. The van der Waals surface area contributed by atoms with E-state index in [-0.39, 0.29) is 5.69 Å². The number of alkyl halides is 3. The number of anilines is 2. The van der Waals surface area contributed by atoms with E-state index in [1.165, 1.54) is 17.8 Å². The van der Waals surface area contributed by atoms with Crippen molar-refractivity contribution in [2.24, 2.45) is 4.99 Å². The van der Waals surface area contributed by atoms with Gasteiger partial charge in [0.1, 0.15) is 12.0 Å². The van der Waals surface area contributed by atoms with Gasteiger partial charge < -0.3 is 11.1 Å². The molecule has 3 heterocycles. The molecule has 12 heteroatoms. The summed E-state index contributed by atoms with van der Waals surface area (Å²) in [5.41, 5.74) is 14.2. The zero-order valence-electron chi connectivity index (χ0n) is 19.0. The van der Waals surface area contributed by atoms with Gasteiger partial charge in [0, 0.05) is 41.5 Å². The normalized spacial score (nSPS) is 15.6.